The van der Waals surface area contributed by atoms with Crippen molar-refractivity contribution in [2.75, 3.05) is 12.3 Å². The molecular weight excluding hydrogens is 158 g/mol. The lowest BCUT2D eigenvalue weighted by Crippen LogP contribution is -2.37. The normalized spacial score (nSPS) is 40.0. The summed E-state index contributed by atoms with van der Waals surface area (Å²) in [7, 11) is -0.595. The molecule has 0 radical (unpaired) electrons. The van der Waals surface area contributed by atoms with Gasteiger partial charge >= 0.3 is 0 Å². The van der Waals surface area contributed by atoms with Gasteiger partial charge in [-0.3, -0.25) is 4.21 Å². The van der Waals surface area contributed by atoms with Gasteiger partial charge in [-0.15, -0.1) is 0 Å². The molecule has 0 aliphatic carbocycles. The highest BCUT2D eigenvalue weighted by Gasteiger charge is 2.22. The molecule has 2 nitrogen and oxygen atoms in total. The Kier molecular flexibility index (Phi) is 3.52. The summed E-state index contributed by atoms with van der Waals surface area (Å²) >= 11 is 0. The summed E-state index contributed by atoms with van der Waals surface area (Å²) in [6.07, 6.45) is 2.15. The summed E-state index contributed by atoms with van der Waals surface area (Å²) < 4.78 is 11.5. The molecule has 0 saturated carbocycles. The molecule has 1 N–H and O–H groups in total. The van der Waals surface area contributed by atoms with Crippen LogP contribution in [-0.2, 0) is 10.8 Å². The summed E-state index contributed by atoms with van der Waals surface area (Å²) in [6.45, 7) is 5.27. The van der Waals surface area contributed by atoms with E-state index >= 15 is 0 Å². The fraction of sp³-hybridized carbons (Fsp3) is 1.00. The van der Waals surface area contributed by atoms with Gasteiger partial charge in [-0.2, -0.15) is 0 Å². The van der Waals surface area contributed by atoms with Crippen LogP contribution in [0.2, 0.25) is 0 Å². The third-order valence-corrected chi connectivity index (χ3v) is 4.20. The van der Waals surface area contributed by atoms with Crippen LogP contribution < -0.4 is 5.32 Å². The molecular formula is C8H17NOS. The maximum absolute atomic E-state index is 11.5. The van der Waals surface area contributed by atoms with E-state index in [9.17, 15) is 4.21 Å². The number of rotatable bonds is 1. The maximum atomic E-state index is 11.5. The standard InChI is InChI=1S/C8H17NOS/c1-3-8-7(2)11(10)6-4-5-9-8/h7-9H,3-6H2,1-2H3. The van der Waals surface area contributed by atoms with Gasteiger partial charge in [0.2, 0.25) is 0 Å². The van der Waals surface area contributed by atoms with Crippen LogP contribution >= 0.6 is 0 Å². The number of nitrogens with one attached hydrogen (secondary N) is 1. The third-order valence-electron chi connectivity index (χ3n) is 2.35. The molecule has 3 heteroatoms. The predicted molar refractivity (Wildman–Crippen MR) is 49.2 cm³/mol. The quantitative estimate of drug-likeness (QED) is 0.641. The van der Waals surface area contributed by atoms with E-state index in [-0.39, 0.29) is 0 Å². The average molecular weight is 175 g/mol. The van der Waals surface area contributed by atoms with Gasteiger partial charge in [0.1, 0.15) is 0 Å². The van der Waals surface area contributed by atoms with Gasteiger partial charge in [-0.1, -0.05) is 6.92 Å². The van der Waals surface area contributed by atoms with Crippen molar-refractivity contribution in [3.8, 4) is 0 Å². The highest BCUT2D eigenvalue weighted by molar-refractivity contribution is 7.85. The van der Waals surface area contributed by atoms with Crippen LogP contribution in [0.5, 0.6) is 0 Å². The zero-order chi connectivity index (χ0) is 8.27. The Morgan fingerprint density at radius 2 is 2.36 bits per heavy atom. The van der Waals surface area contributed by atoms with Crippen molar-refractivity contribution in [3.63, 3.8) is 0 Å². The van der Waals surface area contributed by atoms with Crippen LogP contribution in [0, 0.1) is 0 Å². The second-order valence-corrected chi connectivity index (χ2v) is 5.03. The molecule has 11 heavy (non-hydrogen) atoms. The molecule has 1 aliphatic rings. The van der Waals surface area contributed by atoms with Crippen LogP contribution in [0.4, 0.5) is 0 Å². The molecule has 1 fully saturated rings. The fourth-order valence-corrected chi connectivity index (χ4v) is 2.97. The van der Waals surface area contributed by atoms with Crippen molar-refractivity contribution in [1.29, 1.82) is 0 Å². The van der Waals surface area contributed by atoms with Crippen molar-refractivity contribution in [2.24, 2.45) is 0 Å². The van der Waals surface area contributed by atoms with Crippen molar-refractivity contribution < 1.29 is 4.21 Å². The molecule has 0 amide bonds. The van der Waals surface area contributed by atoms with E-state index in [1.54, 1.807) is 0 Å². The summed E-state index contributed by atoms with van der Waals surface area (Å²) in [5.41, 5.74) is 0. The Labute approximate surface area is 71.2 Å². The van der Waals surface area contributed by atoms with Crippen molar-refractivity contribution in [3.05, 3.63) is 0 Å². The van der Waals surface area contributed by atoms with E-state index in [1.807, 2.05) is 0 Å². The molecule has 3 atom stereocenters. The Morgan fingerprint density at radius 1 is 1.64 bits per heavy atom. The number of hydrogen-bond acceptors (Lipinski definition) is 2. The summed E-state index contributed by atoms with van der Waals surface area (Å²) in [5.74, 6) is 0.880. The Hall–Kier alpha value is 0.110. The van der Waals surface area contributed by atoms with E-state index in [4.69, 9.17) is 0 Å². The lowest BCUT2D eigenvalue weighted by molar-refractivity contribution is 0.500. The highest BCUT2D eigenvalue weighted by Crippen LogP contribution is 2.10. The molecule has 1 aliphatic heterocycles. The van der Waals surface area contributed by atoms with Crippen LogP contribution in [0.3, 0.4) is 0 Å². The SMILES string of the molecule is CCC1NCCCS(=O)C1C. The Bertz CT molecular complexity index is 149. The zero-order valence-electron chi connectivity index (χ0n) is 7.30. The monoisotopic (exact) mass is 175 g/mol. The van der Waals surface area contributed by atoms with Crippen LogP contribution in [-0.4, -0.2) is 27.8 Å². The topological polar surface area (TPSA) is 29.1 Å². The molecule has 1 saturated heterocycles. The van der Waals surface area contributed by atoms with Gasteiger partial charge in [0.15, 0.2) is 0 Å². The molecule has 1 heterocycles. The average Bonchev–Trinajstić information content (AvgIpc) is 2.16. The van der Waals surface area contributed by atoms with Gasteiger partial charge < -0.3 is 5.32 Å². The fourth-order valence-electron chi connectivity index (χ4n) is 1.51. The van der Waals surface area contributed by atoms with E-state index in [0.717, 1.165) is 25.1 Å². The van der Waals surface area contributed by atoms with E-state index in [2.05, 4.69) is 19.2 Å². The van der Waals surface area contributed by atoms with Crippen LogP contribution in [0.15, 0.2) is 0 Å². The highest BCUT2D eigenvalue weighted by atomic mass is 32.2. The molecule has 1 rings (SSSR count). The maximum Gasteiger partial charge on any atom is 0.0472 e. The zero-order valence-corrected chi connectivity index (χ0v) is 8.12. The van der Waals surface area contributed by atoms with E-state index < -0.39 is 10.8 Å². The largest absolute Gasteiger partial charge is 0.313 e. The van der Waals surface area contributed by atoms with Gasteiger partial charge in [0.05, 0.1) is 0 Å². The van der Waals surface area contributed by atoms with E-state index in [0.29, 0.717) is 11.3 Å². The minimum Gasteiger partial charge on any atom is -0.313 e. The second kappa shape index (κ2) is 4.21. The summed E-state index contributed by atoms with van der Waals surface area (Å²) in [6, 6.07) is 0.471. The Balaban J connectivity index is 2.56. The van der Waals surface area contributed by atoms with E-state index in [1.165, 1.54) is 0 Å². The molecule has 0 aromatic carbocycles. The minimum atomic E-state index is -0.595. The Morgan fingerprint density at radius 3 is 3.00 bits per heavy atom. The molecule has 3 unspecified atom stereocenters. The molecule has 0 spiro atoms. The number of hydrogen-bond donors (Lipinski definition) is 1. The second-order valence-electron chi connectivity index (χ2n) is 3.11. The van der Waals surface area contributed by atoms with Crippen LogP contribution in [0.25, 0.3) is 0 Å². The minimum absolute atomic E-state index is 0.336. The molecule has 0 bridgehead atoms. The first-order valence-electron chi connectivity index (χ1n) is 4.36. The van der Waals surface area contributed by atoms with Crippen LogP contribution in [0.1, 0.15) is 26.7 Å². The van der Waals surface area contributed by atoms with Gasteiger partial charge in [0.25, 0.3) is 0 Å². The lowest BCUT2D eigenvalue weighted by Gasteiger charge is -2.19. The molecule has 0 aromatic rings. The van der Waals surface area contributed by atoms with Gasteiger partial charge in [-0.25, -0.2) is 0 Å². The molecule has 0 aromatic heterocycles. The summed E-state index contributed by atoms with van der Waals surface area (Å²) in [4.78, 5) is 0. The first kappa shape index (κ1) is 9.20. The van der Waals surface area contributed by atoms with Crippen molar-refractivity contribution >= 4 is 10.8 Å². The first-order valence-corrected chi connectivity index (χ1v) is 5.74. The first-order chi connectivity index (χ1) is 5.25. The predicted octanol–water partition coefficient (Wildman–Crippen LogP) is 0.895. The summed E-state index contributed by atoms with van der Waals surface area (Å²) in [5, 5.41) is 3.75. The van der Waals surface area contributed by atoms with Crippen molar-refractivity contribution in [2.45, 2.75) is 38.0 Å². The molecule has 66 valence electrons. The lowest BCUT2D eigenvalue weighted by atomic mass is 10.1. The van der Waals surface area contributed by atoms with Gasteiger partial charge in [0, 0.05) is 27.8 Å². The smallest absolute Gasteiger partial charge is 0.0472 e. The van der Waals surface area contributed by atoms with Crippen molar-refractivity contribution in [1.82, 2.24) is 5.32 Å². The van der Waals surface area contributed by atoms with Gasteiger partial charge in [-0.05, 0) is 26.3 Å². The third kappa shape index (κ3) is 2.27.